The molecule has 0 aliphatic heterocycles. The van der Waals surface area contributed by atoms with E-state index in [1.54, 1.807) is 14.2 Å². The monoisotopic (exact) mass is 412 g/mol. The first-order valence-corrected chi connectivity index (χ1v) is 11.0. The average molecular weight is 413 g/mol. The second-order valence-electron chi connectivity index (χ2n) is 8.31. The van der Waals surface area contributed by atoms with Crippen molar-refractivity contribution in [1.29, 1.82) is 0 Å². The molecule has 1 aliphatic rings. The van der Waals surface area contributed by atoms with Crippen LogP contribution in [0, 0.1) is 13.8 Å². The Kier molecular flexibility index (Phi) is 4.93. The lowest BCUT2D eigenvalue weighted by Crippen LogP contribution is -2.04. The highest BCUT2D eigenvalue weighted by atomic mass is 16.5. The van der Waals surface area contributed by atoms with Gasteiger partial charge in [0.1, 0.15) is 17.0 Å². The third-order valence-corrected chi connectivity index (χ3v) is 6.41. The van der Waals surface area contributed by atoms with Gasteiger partial charge in [0.15, 0.2) is 0 Å². The summed E-state index contributed by atoms with van der Waals surface area (Å²) in [6.07, 6.45) is 7.18. The van der Waals surface area contributed by atoms with Gasteiger partial charge < -0.3 is 14.0 Å². The molecule has 4 heteroatoms. The molecular formula is C27H28N2O2. The van der Waals surface area contributed by atoms with Gasteiger partial charge in [-0.3, -0.25) is 0 Å². The Morgan fingerprint density at radius 1 is 0.935 bits per heavy atom. The van der Waals surface area contributed by atoms with Crippen molar-refractivity contribution in [2.45, 2.75) is 39.5 Å². The molecule has 0 saturated carbocycles. The smallest absolute Gasteiger partial charge is 0.145 e. The first-order chi connectivity index (χ1) is 15.1. The van der Waals surface area contributed by atoms with Crippen molar-refractivity contribution in [1.82, 2.24) is 9.55 Å². The SMILES string of the molecule is COc1ccc(-n2c(C3=CCCCC3)cc3c(C)nc4c(OC)cccc4c32)c(C)c1. The number of allylic oxidation sites excluding steroid dienone is 2. The molecule has 0 atom stereocenters. The number of para-hydroxylation sites is 1. The van der Waals surface area contributed by atoms with Gasteiger partial charge >= 0.3 is 0 Å². The van der Waals surface area contributed by atoms with Gasteiger partial charge in [-0.05, 0) is 81.0 Å². The van der Waals surface area contributed by atoms with Gasteiger partial charge in [0.25, 0.3) is 0 Å². The summed E-state index contributed by atoms with van der Waals surface area (Å²) in [4.78, 5) is 4.94. The summed E-state index contributed by atoms with van der Waals surface area (Å²) in [7, 11) is 3.42. The molecule has 2 aromatic carbocycles. The fourth-order valence-electron chi connectivity index (χ4n) is 4.84. The topological polar surface area (TPSA) is 36.3 Å². The predicted octanol–water partition coefficient (Wildman–Crippen LogP) is 6.77. The van der Waals surface area contributed by atoms with Gasteiger partial charge in [-0.25, -0.2) is 4.98 Å². The fraction of sp³-hybridized carbons (Fsp3) is 0.296. The number of fused-ring (bicyclic) bond motifs is 3. The minimum atomic E-state index is 0.806. The van der Waals surface area contributed by atoms with E-state index in [0.29, 0.717) is 0 Å². The van der Waals surface area contributed by atoms with E-state index in [0.717, 1.165) is 40.9 Å². The van der Waals surface area contributed by atoms with Crippen molar-refractivity contribution in [2.75, 3.05) is 14.2 Å². The Balaban J connectivity index is 1.93. The normalized spacial score (nSPS) is 14.1. The average Bonchev–Trinajstić information content (AvgIpc) is 3.20. The maximum absolute atomic E-state index is 5.65. The van der Waals surface area contributed by atoms with E-state index in [2.05, 4.69) is 54.8 Å². The molecule has 0 saturated heterocycles. The minimum Gasteiger partial charge on any atom is -0.497 e. The van der Waals surface area contributed by atoms with Gasteiger partial charge in [0, 0.05) is 27.8 Å². The van der Waals surface area contributed by atoms with Gasteiger partial charge in [0.05, 0.1) is 19.7 Å². The molecule has 2 heterocycles. The van der Waals surface area contributed by atoms with E-state index in [1.807, 2.05) is 12.1 Å². The van der Waals surface area contributed by atoms with Gasteiger partial charge in [-0.1, -0.05) is 18.2 Å². The summed E-state index contributed by atoms with van der Waals surface area (Å²) in [6, 6.07) is 14.8. The molecule has 0 fully saturated rings. The Hall–Kier alpha value is -3.27. The van der Waals surface area contributed by atoms with Crippen LogP contribution in [-0.2, 0) is 0 Å². The molecule has 1 aliphatic carbocycles. The summed E-state index contributed by atoms with van der Waals surface area (Å²) >= 11 is 0. The zero-order valence-electron chi connectivity index (χ0n) is 18.7. The van der Waals surface area contributed by atoms with E-state index in [-0.39, 0.29) is 0 Å². The van der Waals surface area contributed by atoms with Crippen molar-refractivity contribution in [2.24, 2.45) is 0 Å². The highest BCUT2D eigenvalue weighted by Gasteiger charge is 2.21. The largest absolute Gasteiger partial charge is 0.497 e. The molecule has 4 aromatic rings. The van der Waals surface area contributed by atoms with Crippen LogP contribution >= 0.6 is 0 Å². The number of hydrogen-bond donors (Lipinski definition) is 0. The second-order valence-corrected chi connectivity index (χ2v) is 8.31. The van der Waals surface area contributed by atoms with Crippen molar-refractivity contribution in [3.8, 4) is 17.2 Å². The molecule has 158 valence electrons. The van der Waals surface area contributed by atoms with Crippen LogP contribution in [0.3, 0.4) is 0 Å². The summed E-state index contributed by atoms with van der Waals surface area (Å²) in [6.45, 7) is 4.25. The zero-order valence-corrected chi connectivity index (χ0v) is 18.7. The second kappa shape index (κ2) is 7.77. The Morgan fingerprint density at radius 3 is 2.52 bits per heavy atom. The molecule has 2 aromatic heterocycles. The number of pyridine rings is 1. The van der Waals surface area contributed by atoms with Crippen LogP contribution in [0.5, 0.6) is 11.5 Å². The molecular weight excluding hydrogens is 384 g/mol. The quantitative estimate of drug-likeness (QED) is 0.371. The van der Waals surface area contributed by atoms with Crippen molar-refractivity contribution in [3.05, 3.63) is 65.5 Å². The Morgan fingerprint density at radius 2 is 1.81 bits per heavy atom. The molecule has 0 unspecified atom stereocenters. The number of benzene rings is 2. The Bertz CT molecular complexity index is 1330. The number of aromatic nitrogens is 2. The number of hydrogen-bond acceptors (Lipinski definition) is 3. The maximum Gasteiger partial charge on any atom is 0.145 e. The van der Waals surface area contributed by atoms with Gasteiger partial charge in [0.2, 0.25) is 0 Å². The van der Waals surface area contributed by atoms with Gasteiger partial charge in [-0.2, -0.15) is 0 Å². The van der Waals surface area contributed by atoms with E-state index >= 15 is 0 Å². The molecule has 0 spiro atoms. The number of aryl methyl sites for hydroxylation is 2. The summed E-state index contributed by atoms with van der Waals surface area (Å²) < 4.78 is 13.6. The number of nitrogens with zero attached hydrogens (tertiary/aromatic N) is 2. The fourth-order valence-corrected chi connectivity index (χ4v) is 4.84. The van der Waals surface area contributed by atoms with E-state index < -0.39 is 0 Å². The number of rotatable bonds is 4. The molecule has 0 N–H and O–H groups in total. The first-order valence-electron chi connectivity index (χ1n) is 11.0. The zero-order chi connectivity index (χ0) is 21.5. The predicted molar refractivity (Wildman–Crippen MR) is 128 cm³/mol. The van der Waals surface area contributed by atoms with E-state index in [9.17, 15) is 0 Å². The first kappa shape index (κ1) is 19.7. The maximum atomic E-state index is 5.65. The molecule has 0 amide bonds. The summed E-state index contributed by atoms with van der Waals surface area (Å²) in [5.41, 5.74) is 8.17. The van der Waals surface area contributed by atoms with Crippen LogP contribution in [0.15, 0.2) is 48.5 Å². The van der Waals surface area contributed by atoms with E-state index in [4.69, 9.17) is 14.5 Å². The van der Waals surface area contributed by atoms with Gasteiger partial charge in [-0.15, -0.1) is 0 Å². The summed E-state index contributed by atoms with van der Waals surface area (Å²) in [5.74, 6) is 1.68. The van der Waals surface area contributed by atoms with Crippen LogP contribution in [0.4, 0.5) is 0 Å². The van der Waals surface area contributed by atoms with Crippen molar-refractivity contribution < 1.29 is 9.47 Å². The molecule has 31 heavy (non-hydrogen) atoms. The van der Waals surface area contributed by atoms with Crippen LogP contribution in [-0.4, -0.2) is 23.8 Å². The molecule has 0 radical (unpaired) electrons. The molecule has 4 nitrogen and oxygen atoms in total. The molecule has 0 bridgehead atoms. The third kappa shape index (κ3) is 3.18. The van der Waals surface area contributed by atoms with Crippen molar-refractivity contribution in [3.63, 3.8) is 0 Å². The number of methoxy groups -OCH3 is 2. The van der Waals surface area contributed by atoms with Crippen LogP contribution in [0.1, 0.15) is 42.6 Å². The lowest BCUT2D eigenvalue weighted by molar-refractivity contribution is 0.414. The minimum absolute atomic E-state index is 0.806. The lowest BCUT2D eigenvalue weighted by Gasteiger charge is -2.19. The highest BCUT2D eigenvalue weighted by Crippen LogP contribution is 2.40. The van der Waals surface area contributed by atoms with Crippen LogP contribution in [0.25, 0.3) is 33.1 Å². The van der Waals surface area contributed by atoms with Crippen molar-refractivity contribution >= 4 is 27.4 Å². The highest BCUT2D eigenvalue weighted by molar-refractivity contribution is 6.09. The van der Waals surface area contributed by atoms with E-state index in [1.165, 1.54) is 46.3 Å². The lowest BCUT2D eigenvalue weighted by atomic mass is 9.97. The Labute approximate surface area is 183 Å². The molecule has 5 rings (SSSR count). The summed E-state index contributed by atoms with van der Waals surface area (Å²) in [5, 5.41) is 2.30. The third-order valence-electron chi connectivity index (χ3n) is 6.41. The van der Waals surface area contributed by atoms with Crippen LogP contribution in [0.2, 0.25) is 0 Å². The van der Waals surface area contributed by atoms with Crippen LogP contribution < -0.4 is 9.47 Å². The standard InChI is InChI=1S/C27H28N2O2/c1-17-15-20(30-3)13-14-23(17)29-24(19-9-6-5-7-10-19)16-22-18(2)28-26-21(27(22)29)11-8-12-25(26)31-4/h8-9,11-16H,5-7,10H2,1-4H3. The number of ether oxygens (including phenoxy) is 2.